The summed E-state index contributed by atoms with van der Waals surface area (Å²) < 4.78 is 0. The van der Waals surface area contributed by atoms with Gasteiger partial charge in [-0.05, 0) is 12.8 Å². The minimum absolute atomic E-state index is 0.00256. The van der Waals surface area contributed by atoms with Crippen molar-refractivity contribution < 1.29 is 4.79 Å². The van der Waals surface area contributed by atoms with Crippen LogP contribution < -0.4 is 15.5 Å². The van der Waals surface area contributed by atoms with Crippen LogP contribution in [0, 0.1) is 11.3 Å². The third-order valence-electron chi connectivity index (χ3n) is 4.84. The van der Waals surface area contributed by atoms with E-state index in [1.165, 1.54) is 17.7 Å². The molecule has 1 atom stereocenters. The molecule has 27 heavy (non-hydrogen) atoms. The molecule has 0 spiro atoms. The van der Waals surface area contributed by atoms with Gasteiger partial charge in [0.25, 0.3) is 0 Å². The Morgan fingerprint density at radius 2 is 2.15 bits per heavy atom. The van der Waals surface area contributed by atoms with E-state index in [0.717, 1.165) is 51.4 Å². The summed E-state index contributed by atoms with van der Waals surface area (Å²) in [5.74, 6) is 1.65. The SMILES string of the molecule is N#Cc1csc(Nc2cc(N3CCN(C4CCCNC4=O)CC3)ncn2)n1. The summed E-state index contributed by atoms with van der Waals surface area (Å²) in [6, 6.07) is 3.90. The lowest BCUT2D eigenvalue weighted by molar-refractivity contribution is -0.128. The van der Waals surface area contributed by atoms with E-state index < -0.39 is 0 Å². The van der Waals surface area contributed by atoms with Crippen LogP contribution in [0.4, 0.5) is 16.8 Å². The number of amides is 1. The minimum atomic E-state index is 0.00256. The molecule has 2 aliphatic heterocycles. The summed E-state index contributed by atoms with van der Waals surface area (Å²) in [4.78, 5) is 29.3. The number of aromatic nitrogens is 3. The predicted octanol–water partition coefficient (Wildman–Crippen LogP) is 0.949. The smallest absolute Gasteiger partial charge is 0.237 e. The second kappa shape index (κ2) is 7.85. The Hall–Kier alpha value is -2.77. The van der Waals surface area contributed by atoms with Crippen LogP contribution in [0.3, 0.4) is 0 Å². The van der Waals surface area contributed by atoms with Gasteiger partial charge in [0, 0.05) is 44.2 Å². The van der Waals surface area contributed by atoms with Crippen LogP contribution in [-0.2, 0) is 4.79 Å². The fraction of sp³-hybridized carbons (Fsp3) is 0.471. The van der Waals surface area contributed by atoms with Crippen LogP contribution in [-0.4, -0.2) is 64.5 Å². The highest BCUT2D eigenvalue weighted by Gasteiger charge is 2.30. The van der Waals surface area contributed by atoms with Gasteiger partial charge in [-0.1, -0.05) is 0 Å². The third-order valence-corrected chi connectivity index (χ3v) is 5.60. The lowest BCUT2D eigenvalue weighted by Gasteiger charge is -2.40. The van der Waals surface area contributed by atoms with E-state index >= 15 is 0 Å². The number of piperidine rings is 1. The fourth-order valence-electron chi connectivity index (χ4n) is 3.45. The second-order valence-electron chi connectivity index (χ2n) is 6.51. The van der Waals surface area contributed by atoms with Crippen molar-refractivity contribution in [2.45, 2.75) is 18.9 Å². The number of thiazole rings is 1. The van der Waals surface area contributed by atoms with Gasteiger partial charge in [0.15, 0.2) is 10.8 Å². The molecule has 4 rings (SSSR count). The van der Waals surface area contributed by atoms with Crippen molar-refractivity contribution in [2.24, 2.45) is 0 Å². The van der Waals surface area contributed by atoms with E-state index in [9.17, 15) is 4.79 Å². The Morgan fingerprint density at radius 1 is 1.30 bits per heavy atom. The van der Waals surface area contributed by atoms with Crippen molar-refractivity contribution >= 4 is 34.0 Å². The molecule has 1 amide bonds. The van der Waals surface area contributed by atoms with Gasteiger partial charge < -0.3 is 15.5 Å². The van der Waals surface area contributed by atoms with Crippen molar-refractivity contribution in [3.63, 3.8) is 0 Å². The second-order valence-corrected chi connectivity index (χ2v) is 7.37. The molecule has 0 saturated carbocycles. The molecule has 2 aliphatic rings. The Morgan fingerprint density at radius 3 is 2.89 bits per heavy atom. The van der Waals surface area contributed by atoms with E-state index in [2.05, 4.69) is 35.4 Å². The van der Waals surface area contributed by atoms with Gasteiger partial charge in [-0.2, -0.15) is 5.26 Å². The molecule has 0 aromatic carbocycles. The minimum Gasteiger partial charge on any atom is -0.355 e. The highest BCUT2D eigenvalue weighted by Crippen LogP contribution is 2.23. The number of nitrogens with zero attached hydrogens (tertiary/aromatic N) is 6. The van der Waals surface area contributed by atoms with Crippen LogP contribution in [0.25, 0.3) is 0 Å². The maximum atomic E-state index is 12.1. The monoisotopic (exact) mass is 384 g/mol. The molecule has 2 fully saturated rings. The number of nitrogens with one attached hydrogen (secondary N) is 2. The zero-order valence-electron chi connectivity index (χ0n) is 14.8. The Bertz CT molecular complexity index is 855. The van der Waals surface area contributed by atoms with Crippen LogP contribution in [0.2, 0.25) is 0 Å². The standard InChI is InChI=1S/C17H20N8OS/c18-9-12-10-27-17(22-12)23-14-8-15(21-11-20-14)25-6-4-24(5-7-25)13-2-1-3-19-16(13)26/h8,10-11,13H,1-7H2,(H,19,26)(H,20,21,22,23). The first kappa shape index (κ1) is 17.6. The average molecular weight is 384 g/mol. The molecule has 0 aliphatic carbocycles. The van der Waals surface area contributed by atoms with Crippen molar-refractivity contribution in [3.8, 4) is 6.07 Å². The topological polar surface area (TPSA) is 110 Å². The Labute approximate surface area is 161 Å². The first-order valence-corrected chi connectivity index (χ1v) is 9.82. The highest BCUT2D eigenvalue weighted by molar-refractivity contribution is 7.13. The Kier molecular flexibility index (Phi) is 5.13. The number of piperazine rings is 1. The van der Waals surface area contributed by atoms with Gasteiger partial charge >= 0.3 is 0 Å². The number of carbonyl (C=O) groups is 1. The zero-order chi connectivity index (χ0) is 18.6. The van der Waals surface area contributed by atoms with Gasteiger partial charge in [0.2, 0.25) is 5.91 Å². The number of nitriles is 1. The summed E-state index contributed by atoms with van der Waals surface area (Å²) in [6.45, 7) is 4.10. The maximum Gasteiger partial charge on any atom is 0.237 e. The van der Waals surface area contributed by atoms with Crippen LogP contribution in [0.1, 0.15) is 18.5 Å². The molecule has 140 valence electrons. The number of rotatable bonds is 4. The molecule has 2 saturated heterocycles. The Balaban J connectivity index is 1.38. The summed E-state index contributed by atoms with van der Waals surface area (Å²) in [5.41, 5.74) is 0.389. The molecule has 9 nitrogen and oxygen atoms in total. The molecule has 4 heterocycles. The number of hydrogen-bond acceptors (Lipinski definition) is 9. The first-order valence-electron chi connectivity index (χ1n) is 8.94. The summed E-state index contributed by atoms with van der Waals surface area (Å²) in [5, 5.41) is 17.3. The van der Waals surface area contributed by atoms with Gasteiger partial charge in [-0.3, -0.25) is 9.69 Å². The fourth-order valence-corrected chi connectivity index (χ4v) is 4.09. The molecule has 0 radical (unpaired) electrons. The molecule has 2 aromatic rings. The van der Waals surface area contributed by atoms with Crippen molar-refractivity contribution in [3.05, 3.63) is 23.5 Å². The summed E-state index contributed by atoms with van der Waals surface area (Å²) in [6.07, 6.45) is 3.51. The largest absolute Gasteiger partial charge is 0.355 e. The van der Waals surface area contributed by atoms with E-state index in [4.69, 9.17) is 5.26 Å². The van der Waals surface area contributed by atoms with E-state index in [1.807, 2.05) is 12.1 Å². The summed E-state index contributed by atoms with van der Waals surface area (Å²) in [7, 11) is 0. The molecule has 2 aromatic heterocycles. The quantitative estimate of drug-likeness (QED) is 0.802. The molecule has 10 heteroatoms. The van der Waals surface area contributed by atoms with Crippen molar-refractivity contribution in [2.75, 3.05) is 42.9 Å². The van der Waals surface area contributed by atoms with Gasteiger partial charge in [-0.15, -0.1) is 11.3 Å². The predicted molar refractivity (Wildman–Crippen MR) is 102 cm³/mol. The van der Waals surface area contributed by atoms with E-state index in [-0.39, 0.29) is 11.9 Å². The van der Waals surface area contributed by atoms with Crippen molar-refractivity contribution in [1.29, 1.82) is 5.26 Å². The number of anilines is 3. The summed E-state index contributed by atoms with van der Waals surface area (Å²) >= 11 is 1.36. The molecular formula is C17H20N8OS. The van der Waals surface area contributed by atoms with Crippen LogP contribution >= 0.6 is 11.3 Å². The lowest BCUT2D eigenvalue weighted by atomic mass is 10.0. The van der Waals surface area contributed by atoms with E-state index in [0.29, 0.717) is 16.6 Å². The number of hydrogen-bond donors (Lipinski definition) is 2. The normalized spacial score (nSPS) is 20.8. The molecule has 2 N–H and O–H groups in total. The molecule has 1 unspecified atom stereocenters. The van der Waals surface area contributed by atoms with Crippen LogP contribution in [0.5, 0.6) is 0 Å². The zero-order valence-corrected chi connectivity index (χ0v) is 15.6. The molecular weight excluding hydrogens is 364 g/mol. The van der Waals surface area contributed by atoms with Crippen LogP contribution in [0.15, 0.2) is 17.8 Å². The van der Waals surface area contributed by atoms with E-state index in [1.54, 1.807) is 5.38 Å². The van der Waals surface area contributed by atoms with Crippen molar-refractivity contribution in [1.82, 2.24) is 25.2 Å². The van der Waals surface area contributed by atoms with Gasteiger partial charge in [0.1, 0.15) is 24.0 Å². The third kappa shape index (κ3) is 3.99. The lowest BCUT2D eigenvalue weighted by Crippen LogP contribution is -2.56. The average Bonchev–Trinajstić information content (AvgIpc) is 3.16. The van der Waals surface area contributed by atoms with Gasteiger partial charge in [0.05, 0.1) is 6.04 Å². The number of carbonyl (C=O) groups excluding carboxylic acids is 1. The van der Waals surface area contributed by atoms with Gasteiger partial charge in [-0.25, -0.2) is 15.0 Å². The molecule has 0 bridgehead atoms. The maximum absolute atomic E-state index is 12.1. The first-order chi connectivity index (χ1) is 13.2. The highest BCUT2D eigenvalue weighted by atomic mass is 32.1.